The molecule has 2 N–H and O–H groups in total. The van der Waals surface area contributed by atoms with Crippen LogP contribution in [-0.4, -0.2) is 20.6 Å². The van der Waals surface area contributed by atoms with Crippen LogP contribution in [0.3, 0.4) is 0 Å². The Hall–Kier alpha value is -2.66. The van der Waals surface area contributed by atoms with Crippen molar-refractivity contribution in [2.75, 3.05) is 0 Å². The minimum absolute atomic E-state index is 0.383. The zero-order valence-electron chi connectivity index (χ0n) is 13.2. The van der Waals surface area contributed by atoms with Gasteiger partial charge in [-0.1, -0.05) is 30.3 Å². The van der Waals surface area contributed by atoms with E-state index in [1.165, 1.54) is 0 Å². The first-order chi connectivity index (χ1) is 11.1. The highest BCUT2D eigenvalue weighted by Gasteiger charge is 2.14. The number of benzene rings is 2. The molecule has 0 spiro atoms. The lowest BCUT2D eigenvalue weighted by atomic mass is 9.95. The van der Waals surface area contributed by atoms with Gasteiger partial charge in [-0.2, -0.15) is 0 Å². The molecule has 0 amide bonds. The molecule has 0 aliphatic heterocycles. The van der Waals surface area contributed by atoms with Crippen LogP contribution in [0.2, 0.25) is 0 Å². The van der Waals surface area contributed by atoms with Gasteiger partial charge in [-0.05, 0) is 28.8 Å². The van der Waals surface area contributed by atoms with Crippen molar-refractivity contribution < 1.29 is 9.90 Å². The van der Waals surface area contributed by atoms with E-state index in [1.807, 2.05) is 55.1 Å². The Kier molecular flexibility index (Phi) is 4.12. The van der Waals surface area contributed by atoms with E-state index >= 15 is 0 Å². The third kappa shape index (κ3) is 2.96. The monoisotopic (exact) mass is 309 g/mol. The lowest BCUT2D eigenvalue weighted by Gasteiger charge is -2.13. The molecule has 0 unspecified atom stereocenters. The lowest BCUT2D eigenvalue weighted by Crippen LogP contribution is -2.16. The molecule has 0 aliphatic rings. The zero-order chi connectivity index (χ0) is 16.4. The Morgan fingerprint density at radius 2 is 2.00 bits per heavy atom. The fourth-order valence-corrected chi connectivity index (χ4v) is 2.91. The number of fused-ring (bicyclic) bond motifs is 1. The molecule has 118 valence electrons. The van der Waals surface area contributed by atoms with Gasteiger partial charge in [-0.3, -0.25) is 0 Å². The van der Waals surface area contributed by atoms with E-state index in [-0.39, 0.29) is 0 Å². The predicted octanol–water partition coefficient (Wildman–Crippen LogP) is 2.87. The van der Waals surface area contributed by atoms with Gasteiger partial charge in [0.05, 0.1) is 12.1 Å². The second-order valence-electron chi connectivity index (χ2n) is 5.64. The van der Waals surface area contributed by atoms with Crippen LogP contribution in [0.15, 0.2) is 42.7 Å². The van der Waals surface area contributed by atoms with E-state index in [4.69, 9.17) is 0 Å². The molecule has 3 rings (SSSR count). The average Bonchev–Trinajstić information content (AvgIpc) is 2.92. The van der Waals surface area contributed by atoms with Crippen LogP contribution in [0, 0.1) is 6.92 Å². The van der Waals surface area contributed by atoms with Gasteiger partial charge < -0.3 is 15.0 Å². The highest BCUT2D eigenvalue weighted by atomic mass is 16.4. The molecular formula is C18H19N3O2. The normalized spacial score (nSPS) is 11.0. The maximum atomic E-state index is 11.5. The summed E-state index contributed by atoms with van der Waals surface area (Å²) in [5, 5.41) is 14.6. The number of imidazole rings is 1. The summed E-state index contributed by atoms with van der Waals surface area (Å²) in [6, 6.07) is 9.61. The minimum Gasteiger partial charge on any atom is -0.478 e. The van der Waals surface area contributed by atoms with E-state index in [0.717, 1.165) is 27.7 Å². The smallest absolute Gasteiger partial charge is 0.336 e. The third-order valence-electron chi connectivity index (χ3n) is 4.06. The van der Waals surface area contributed by atoms with Gasteiger partial charge in [0.25, 0.3) is 0 Å². The number of aromatic nitrogens is 2. The molecule has 0 radical (unpaired) electrons. The van der Waals surface area contributed by atoms with Crippen LogP contribution >= 0.6 is 0 Å². The molecule has 5 nitrogen and oxygen atoms in total. The molecule has 0 saturated carbocycles. The van der Waals surface area contributed by atoms with Crippen molar-refractivity contribution in [1.82, 2.24) is 14.9 Å². The molecule has 2 aromatic carbocycles. The van der Waals surface area contributed by atoms with E-state index in [9.17, 15) is 9.90 Å². The van der Waals surface area contributed by atoms with Gasteiger partial charge in [0.15, 0.2) is 0 Å². The topological polar surface area (TPSA) is 67.2 Å². The maximum absolute atomic E-state index is 11.5. The van der Waals surface area contributed by atoms with Gasteiger partial charge in [0.1, 0.15) is 5.82 Å². The molecule has 0 saturated heterocycles. The van der Waals surface area contributed by atoms with Crippen molar-refractivity contribution in [3.8, 4) is 0 Å². The number of nitrogens with one attached hydrogen (secondary N) is 1. The minimum atomic E-state index is -0.883. The largest absolute Gasteiger partial charge is 0.478 e. The molecule has 0 aliphatic carbocycles. The highest BCUT2D eigenvalue weighted by Crippen LogP contribution is 2.26. The second kappa shape index (κ2) is 6.22. The number of carboxylic acid groups (broad SMARTS) is 1. The van der Waals surface area contributed by atoms with E-state index in [1.54, 1.807) is 6.20 Å². The number of hydrogen-bond acceptors (Lipinski definition) is 3. The Bertz CT molecular complexity index is 868. The van der Waals surface area contributed by atoms with E-state index in [2.05, 4.69) is 10.3 Å². The summed E-state index contributed by atoms with van der Waals surface area (Å²) < 4.78 is 1.98. The molecule has 3 aromatic rings. The van der Waals surface area contributed by atoms with Crippen molar-refractivity contribution in [3.63, 3.8) is 0 Å². The number of nitrogens with zero attached hydrogens (tertiary/aromatic N) is 2. The van der Waals surface area contributed by atoms with Gasteiger partial charge in [0, 0.05) is 26.0 Å². The van der Waals surface area contributed by atoms with E-state index in [0.29, 0.717) is 18.7 Å². The average molecular weight is 309 g/mol. The molecule has 0 bridgehead atoms. The second-order valence-corrected chi connectivity index (χ2v) is 5.64. The SMILES string of the molecule is Cc1cc(CNCc2nccn2C)c2ccccc2c1C(=O)O. The van der Waals surface area contributed by atoms with Crippen molar-refractivity contribution >= 4 is 16.7 Å². The summed E-state index contributed by atoms with van der Waals surface area (Å²) in [5.41, 5.74) is 2.26. The van der Waals surface area contributed by atoms with Crippen molar-refractivity contribution in [3.05, 3.63) is 65.2 Å². The molecule has 0 atom stereocenters. The van der Waals surface area contributed by atoms with Crippen molar-refractivity contribution in [2.24, 2.45) is 7.05 Å². The highest BCUT2D eigenvalue weighted by molar-refractivity contribution is 6.06. The summed E-state index contributed by atoms with van der Waals surface area (Å²) >= 11 is 0. The number of carboxylic acids is 1. The van der Waals surface area contributed by atoms with Gasteiger partial charge >= 0.3 is 5.97 Å². The van der Waals surface area contributed by atoms with Gasteiger partial charge in [-0.15, -0.1) is 0 Å². The Labute approximate surface area is 134 Å². The summed E-state index contributed by atoms with van der Waals surface area (Å²) in [6.07, 6.45) is 3.69. The fourth-order valence-electron chi connectivity index (χ4n) is 2.91. The van der Waals surface area contributed by atoms with Crippen molar-refractivity contribution in [2.45, 2.75) is 20.0 Å². The molecule has 5 heteroatoms. The third-order valence-corrected chi connectivity index (χ3v) is 4.06. The number of rotatable bonds is 5. The van der Waals surface area contributed by atoms with Crippen LogP contribution < -0.4 is 5.32 Å². The molecular weight excluding hydrogens is 290 g/mol. The maximum Gasteiger partial charge on any atom is 0.336 e. The predicted molar refractivity (Wildman–Crippen MR) is 89.4 cm³/mol. The Balaban J connectivity index is 1.91. The van der Waals surface area contributed by atoms with Crippen LogP contribution in [0.25, 0.3) is 10.8 Å². The van der Waals surface area contributed by atoms with Crippen molar-refractivity contribution in [1.29, 1.82) is 0 Å². The number of aromatic carboxylic acids is 1. The fraction of sp³-hybridized carbons (Fsp3) is 0.222. The molecule has 0 fully saturated rings. The Morgan fingerprint density at radius 1 is 1.26 bits per heavy atom. The first-order valence-corrected chi connectivity index (χ1v) is 7.49. The number of aryl methyl sites for hydroxylation is 2. The van der Waals surface area contributed by atoms with Gasteiger partial charge in [-0.25, -0.2) is 9.78 Å². The number of carbonyl (C=O) groups is 1. The summed E-state index contributed by atoms with van der Waals surface area (Å²) in [5.74, 6) is 0.0828. The lowest BCUT2D eigenvalue weighted by molar-refractivity contribution is 0.0698. The molecule has 1 aromatic heterocycles. The van der Waals surface area contributed by atoms with Crippen LogP contribution in [0.1, 0.15) is 27.3 Å². The number of hydrogen-bond donors (Lipinski definition) is 2. The first kappa shape index (κ1) is 15.2. The summed E-state index contributed by atoms with van der Waals surface area (Å²) in [4.78, 5) is 15.8. The first-order valence-electron chi connectivity index (χ1n) is 7.49. The standard InChI is InChI=1S/C18H19N3O2/c1-12-9-13(10-19-11-16-20-7-8-21(16)2)14-5-3-4-6-15(14)17(12)18(22)23/h3-9,19H,10-11H2,1-2H3,(H,22,23). The molecule has 23 heavy (non-hydrogen) atoms. The molecule has 1 heterocycles. The van der Waals surface area contributed by atoms with Gasteiger partial charge in [0.2, 0.25) is 0 Å². The quantitative estimate of drug-likeness (QED) is 0.760. The van der Waals surface area contributed by atoms with Crippen LogP contribution in [-0.2, 0) is 20.1 Å². The van der Waals surface area contributed by atoms with Crippen LogP contribution in [0.5, 0.6) is 0 Å². The van der Waals surface area contributed by atoms with E-state index < -0.39 is 5.97 Å². The van der Waals surface area contributed by atoms with Crippen LogP contribution in [0.4, 0.5) is 0 Å². The Morgan fingerprint density at radius 3 is 2.65 bits per heavy atom. The summed E-state index contributed by atoms with van der Waals surface area (Å²) in [6.45, 7) is 3.17. The zero-order valence-corrected chi connectivity index (χ0v) is 13.2. The summed E-state index contributed by atoms with van der Waals surface area (Å²) in [7, 11) is 1.96.